The summed E-state index contributed by atoms with van der Waals surface area (Å²) in [6, 6.07) is 19.6. The second-order valence-corrected chi connectivity index (χ2v) is 7.31. The Bertz CT molecular complexity index is 952. The van der Waals surface area contributed by atoms with Crippen LogP contribution in [0.4, 0.5) is 5.69 Å². The average Bonchev–Trinajstić information content (AvgIpc) is 3.15. The first-order valence-corrected chi connectivity index (χ1v) is 9.75. The monoisotopic (exact) mass is 395 g/mol. The number of anilines is 1. The van der Waals surface area contributed by atoms with Crippen LogP contribution in [-0.2, 0) is 9.53 Å². The number of thiophene rings is 1. The molecule has 0 bridgehead atoms. The molecule has 1 heterocycles. The van der Waals surface area contributed by atoms with E-state index in [1.54, 1.807) is 48.5 Å². The van der Waals surface area contributed by atoms with E-state index in [2.05, 4.69) is 5.32 Å². The number of carbonyl (C=O) groups is 2. The maximum atomic E-state index is 13.0. The Kier molecular flexibility index (Phi) is 6.45. The van der Waals surface area contributed by atoms with Gasteiger partial charge < -0.3 is 14.8 Å². The highest BCUT2D eigenvalue weighted by atomic mass is 32.1. The molecule has 0 radical (unpaired) electrons. The van der Waals surface area contributed by atoms with Crippen LogP contribution in [0.2, 0.25) is 0 Å². The van der Waals surface area contributed by atoms with Crippen molar-refractivity contribution in [3.05, 3.63) is 82.0 Å². The summed E-state index contributed by atoms with van der Waals surface area (Å²) in [7, 11) is 0. The first-order valence-electron chi connectivity index (χ1n) is 8.93. The summed E-state index contributed by atoms with van der Waals surface area (Å²) in [5.41, 5.74) is 1.12. The maximum absolute atomic E-state index is 13.0. The van der Waals surface area contributed by atoms with Crippen LogP contribution in [0.5, 0.6) is 5.75 Å². The van der Waals surface area contributed by atoms with Crippen molar-refractivity contribution in [2.24, 2.45) is 0 Å². The lowest BCUT2D eigenvalue weighted by Gasteiger charge is -2.19. The Morgan fingerprint density at radius 3 is 2.39 bits per heavy atom. The van der Waals surface area contributed by atoms with Crippen molar-refractivity contribution in [2.75, 3.05) is 11.9 Å². The summed E-state index contributed by atoms with van der Waals surface area (Å²) in [6.07, 6.45) is -1.08. The molecule has 2 aromatic carbocycles. The van der Waals surface area contributed by atoms with Gasteiger partial charge in [-0.2, -0.15) is 0 Å². The fraction of sp³-hybridized carbons (Fsp3) is 0.182. The van der Waals surface area contributed by atoms with Gasteiger partial charge in [0.15, 0.2) is 0 Å². The second kappa shape index (κ2) is 9.19. The molecule has 6 heteroatoms. The molecule has 0 aliphatic carbocycles. The van der Waals surface area contributed by atoms with E-state index in [9.17, 15) is 9.59 Å². The lowest BCUT2D eigenvalue weighted by Crippen LogP contribution is -2.26. The van der Waals surface area contributed by atoms with Crippen LogP contribution in [0.1, 0.15) is 33.1 Å². The van der Waals surface area contributed by atoms with Gasteiger partial charge in [-0.15, -0.1) is 11.3 Å². The van der Waals surface area contributed by atoms with Gasteiger partial charge in [0.25, 0.3) is 5.91 Å². The Morgan fingerprint density at radius 2 is 1.71 bits per heavy atom. The van der Waals surface area contributed by atoms with Gasteiger partial charge in [0.05, 0.1) is 12.3 Å². The number of hydrogen-bond acceptors (Lipinski definition) is 5. The van der Waals surface area contributed by atoms with Crippen molar-refractivity contribution >= 4 is 28.9 Å². The highest BCUT2D eigenvalue weighted by Crippen LogP contribution is 2.28. The van der Waals surface area contributed by atoms with Crippen LogP contribution in [0, 0.1) is 6.92 Å². The standard InChI is InChI=1S/C22H21NO4S/c1-3-26-18-12-8-7-11-17(18)23-21(24)20(16-9-5-4-6-10-16)27-22(25)19-14-13-15(2)28-19/h4-14,20H,3H2,1-2H3,(H,23,24)/t20-/m0/s1. The number of nitrogens with one attached hydrogen (secondary N) is 1. The summed E-state index contributed by atoms with van der Waals surface area (Å²) in [5, 5.41) is 2.82. The number of carbonyl (C=O) groups excluding carboxylic acids is 2. The molecular formula is C22H21NO4S. The van der Waals surface area contributed by atoms with E-state index in [0.717, 1.165) is 4.88 Å². The summed E-state index contributed by atoms with van der Waals surface area (Å²) >= 11 is 1.33. The maximum Gasteiger partial charge on any atom is 0.349 e. The molecule has 3 rings (SSSR count). The quantitative estimate of drug-likeness (QED) is 0.572. The van der Waals surface area contributed by atoms with Gasteiger partial charge >= 0.3 is 5.97 Å². The number of esters is 1. The van der Waals surface area contributed by atoms with Crippen molar-refractivity contribution in [1.29, 1.82) is 0 Å². The van der Waals surface area contributed by atoms with E-state index in [-0.39, 0.29) is 0 Å². The molecule has 0 aliphatic heterocycles. The highest BCUT2D eigenvalue weighted by Gasteiger charge is 2.27. The van der Waals surface area contributed by atoms with E-state index in [4.69, 9.17) is 9.47 Å². The molecular weight excluding hydrogens is 374 g/mol. The van der Waals surface area contributed by atoms with E-state index < -0.39 is 18.0 Å². The summed E-state index contributed by atoms with van der Waals surface area (Å²) < 4.78 is 11.1. The van der Waals surface area contributed by atoms with Gasteiger partial charge in [-0.05, 0) is 38.1 Å². The lowest BCUT2D eigenvalue weighted by atomic mass is 10.1. The Balaban J connectivity index is 1.85. The molecule has 0 aliphatic rings. The first-order chi connectivity index (χ1) is 13.6. The van der Waals surface area contributed by atoms with Crippen LogP contribution in [0.25, 0.3) is 0 Å². The van der Waals surface area contributed by atoms with Gasteiger partial charge in [0, 0.05) is 10.4 Å². The topological polar surface area (TPSA) is 64.6 Å². The molecule has 3 aromatic rings. The van der Waals surface area contributed by atoms with E-state index in [0.29, 0.717) is 28.5 Å². The van der Waals surface area contributed by atoms with Crippen molar-refractivity contribution in [3.63, 3.8) is 0 Å². The minimum atomic E-state index is -1.08. The van der Waals surface area contributed by atoms with Crippen LogP contribution in [0.3, 0.4) is 0 Å². The van der Waals surface area contributed by atoms with E-state index >= 15 is 0 Å². The molecule has 1 atom stereocenters. The zero-order chi connectivity index (χ0) is 19.9. The van der Waals surface area contributed by atoms with Crippen molar-refractivity contribution < 1.29 is 19.1 Å². The van der Waals surface area contributed by atoms with Crippen LogP contribution >= 0.6 is 11.3 Å². The summed E-state index contributed by atoms with van der Waals surface area (Å²) in [4.78, 5) is 27.0. The number of ether oxygens (including phenoxy) is 2. The summed E-state index contributed by atoms with van der Waals surface area (Å²) in [6.45, 7) is 4.26. The zero-order valence-electron chi connectivity index (χ0n) is 15.7. The largest absolute Gasteiger partial charge is 0.492 e. The van der Waals surface area contributed by atoms with Gasteiger partial charge in [0.2, 0.25) is 6.10 Å². The fourth-order valence-corrected chi connectivity index (χ4v) is 3.41. The number of amides is 1. The van der Waals surface area contributed by atoms with Gasteiger partial charge in [0.1, 0.15) is 10.6 Å². The molecule has 5 nitrogen and oxygen atoms in total. The number of benzene rings is 2. The number of aryl methyl sites for hydroxylation is 1. The van der Waals surface area contributed by atoms with Crippen LogP contribution in [0.15, 0.2) is 66.7 Å². The van der Waals surface area contributed by atoms with Crippen molar-refractivity contribution in [2.45, 2.75) is 20.0 Å². The molecule has 0 unspecified atom stereocenters. The van der Waals surface area contributed by atoms with Crippen molar-refractivity contribution in [1.82, 2.24) is 0 Å². The molecule has 1 aromatic heterocycles. The smallest absolute Gasteiger partial charge is 0.349 e. The highest BCUT2D eigenvalue weighted by molar-refractivity contribution is 7.13. The number of para-hydroxylation sites is 2. The molecule has 1 N–H and O–H groups in total. The lowest BCUT2D eigenvalue weighted by molar-refractivity contribution is -0.125. The van der Waals surface area contributed by atoms with Crippen LogP contribution < -0.4 is 10.1 Å². The third-order valence-corrected chi connectivity index (χ3v) is 4.93. The normalized spacial score (nSPS) is 11.5. The van der Waals surface area contributed by atoms with E-state index in [1.165, 1.54) is 11.3 Å². The third kappa shape index (κ3) is 4.78. The minimum Gasteiger partial charge on any atom is -0.492 e. The van der Waals surface area contributed by atoms with Gasteiger partial charge in [-0.25, -0.2) is 4.79 Å². The predicted octanol–water partition coefficient (Wildman–Crippen LogP) is 4.99. The van der Waals surface area contributed by atoms with Gasteiger partial charge in [-0.1, -0.05) is 42.5 Å². The fourth-order valence-electron chi connectivity index (χ4n) is 2.66. The molecule has 1 amide bonds. The first kappa shape index (κ1) is 19.6. The Labute approximate surface area is 167 Å². The van der Waals surface area contributed by atoms with Crippen molar-refractivity contribution in [3.8, 4) is 5.75 Å². The number of hydrogen-bond donors (Lipinski definition) is 1. The molecule has 0 saturated heterocycles. The van der Waals surface area contributed by atoms with Crippen LogP contribution in [-0.4, -0.2) is 18.5 Å². The van der Waals surface area contributed by atoms with Gasteiger partial charge in [-0.3, -0.25) is 4.79 Å². The zero-order valence-corrected chi connectivity index (χ0v) is 16.5. The predicted molar refractivity (Wildman–Crippen MR) is 110 cm³/mol. The molecule has 0 saturated carbocycles. The molecule has 28 heavy (non-hydrogen) atoms. The Hall–Kier alpha value is -3.12. The molecule has 144 valence electrons. The SMILES string of the molecule is CCOc1ccccc1NC(=O)[C@@H](OC(=O)c1ccc(C)s1)c1ccccc1. The van der Waals surface area contributed by atoms with E-state index in [1.807, 2.05) is 32.0 Å². The average molecular weight is 395 g/mol. The third-order valence-electron chi connectivity index (χ3n) is 3.95. The number of rotatable bonds is 7. The second-order valence-electron chi connectivity index (χ2n) is 6.02. The summed E-state index contributed by atoms with van der Waals surface area (Å²) in [5.74, 6) is -0.412. The molecule has 0 spiro atoms. The molecule has 0 fully saturated rings. The minimum absolute atomic E-state index is 0.444. The Morgan fingerprint density at radius 1 is 1.00 bits per heavy atom.